The van der Waals surface area contributed by atoms with E-state index in [9.17, 15) is 13.2 Å². The number of alkyl halides is 3. The van der Waals surface area contributed by atoms with Crippen LogP contribution in [0.15, 0.2) is 6.07 Å². The Labute approximate surface area is 96.4 Å². The first-order valence-corrected chi connectivity index (χ1v) is 4.99. The molecule has 0 radical (unpaired) electrons. The molecule has 0 aliphatic rings. The van der Waals surface area contributed by atoms with Crippen LogP contribution in [0.3, 0.4) is 0 Å². The first-order valence-electron chi connectivity index (χ1n) is 4.59. The number of rotatable bonds is 3. The highest BCUT2D eigenvalue weighted by atomic mass is 32.1. The van der Waals surface area contributed by atoms with E-state index in [1.807, 2.05) is 0 Å². The molecule has 0 fully saturated rings. The van der Waals surface area contributed by atoms with Crippen LogP contribution in [-0.2, 0) is 6.54 Å². The Balaban J connectivity index is 2.93. The molecule has 1 rings (SSSR count). The number of nitrogens with two attached hydrogens (primary N) is 1. The predicted octanol–water partition coefficient (Wildman–Crippen LogP) is 1.96. The van der Waals surface area contributed by atoms with Gasteiger partial charge in [0, 0.05) is 5.69 Å². The zero-order valence-corrected chi connectivity index (χ0v) is 9.69. The third kappa shape index (κ3) is 2.94. The molecule has 90 valence electrons. The monoisotopic (exact) mass is 251 g/mol. The van der Waals surface area contributed by atoms with Crippen molar-refractivity contribution >= 4 is 17.2 Å². The Morgan fingerprint density at radius 1 is 1.56 bits per heavy atom. The molecule has 0 bridgehead atoms. The van der Waals surface area contributed by atoms with Crippen LogP contribution < -0.4 is 5.73 Å². The molecule has 0 aliphatic carbocycles. The van der Waals surface area contributed by atoms with Gasteiger partial charge in [0.1, 0.15) is 5.92 Å². The maximum atomic E-state index is 12.6. The molecule has 0 spiro atoms. The molecular weight excluding hydrogens is 239 g/mol. The molecule has 3 nitrogen and oxygen atoms in total. The Morgan fingerprint density at radius 2 is 2.12 bits per heavy atom. The molecule has 0 saturated carbocycles. The van der Waals surface area contributed by atoms with Gasteiger partial charge in [0.05, 0.1) is 17.2 Å². The second-order valence-corrected chi connectivity index (χ2v) is 4.08. The molecule has 1 aromatic heterocycles. The second kappa shape index (κ2) is 4.40. The number of hydrogen-bond donors (Lipinski definition) is 1. The summed E-state index contributed by atoms with van der Waals surface area (Å²) in [5.41, 5.74) is 6.42. The van der Waals surface area contributed by atoms with Crippen LogP contribution in [0.2, 0.25) is 0 Å². The Morgan fingerprint density at radius 3 is 2.44 bits per heavy atom. The summed E-state index contributed by atoms with van der Waals surface area (Å²) in [7, 11) is 0. The fourth-order valence-electron chi connectivity index (χ4n) is 1.39. The van der Waals surface area contributed by atoms with Gasteiger partial charge in [-0.2, -0.15) is 18.3 Å². The van der Waals surface area contributed by atoms with Crippen LogP contribution >= 0.6 is 12.2 Å². The van der Waals surface area contributed by atoms with Gasteiger partial charge in [0.15, 0.2) is 0 Å². The van der Waals surface area contributed by atoms with Crippen molar-refractivity contribution in [3.8, 4) is 0 Å². The summed E-state index contributed by atoms with van der Waals surface area (Å²) < 4.78 is 39.0. The molecule has 16 heavy (non-hydrogen) atoms. The first-order chi connectivity index (χ1) is 7.21. The third-order valence-electron chi connectivity index (χ3n) is 2.20. The summed E-state index contributed by atoms with van der Waals surface area (Å²) in [6, 6.07) is 1.70. The lowest BCUT2D eigenvalue weighted by Gasteiger charge is -2.19. The average Bonchev–Trinajstić information content (AvgIpc) is 2.38. The van der Waals surface area contributed by atoms with Gasteiger partial charge in [-0.3, -0.25) is 4.68 Å². The average molecular weight is 251 g/mol. The van der Waals surface area contributed by atoms with Gasteiger partial charge >= 0.3 is 6.18 Å². The molecule has 1 aromatic rings. The Hall–Kier alpha value is -1.11. The maximum absolute atomic E-state index is 12.6. The number of aromatic nitrogens is 2. The lowest BCUT2D eigenvalue weighted by molar-refractivity contribution is -0.158. The number of aryl methyl sites for hydroxylation is 2. The quantitative estimate of drug-likeness (QED) is 0.835. The van der Waals surface area contributed by atoms with Gasteiger partial charge in [0.25, 0.3) is 0 Å². The van der Waals surface area contributed by atoms with Crippen LogP contribution in [-0.4, -0.2) is 20.9 Å². The van der Waals surface area contributed by atoms with E-state index in [-0.39, 0.29) is 6.54 Å². The topological polar surface area (TPSA) is 43.8 Å². The highest BCUT2D eigenvalue weighted by Gasteiger charge is 2.42. The molecule has 1 unspecified atom stereocenters. The summed E-state index contributed by atoms with van der Waals surface area (Å²) in [5.74, 6) is -1.83. The zero-order valence-electron chi connectivity index (χ0n) is 8.88. The Bertz CT molecular complexity index is 397. The van der Waals surface area contributed by atoms with Crippen LogP contribution in [0.25, 0.3) is 0 Å². The number of hydrogen-bond acceptors (Lipinski definition) is 2. The van der Waals surface area contributed by atoms with Crippen LogP contribution in [0.1, 0.15) is 11.4 Å². The van der Waals surface area contributed by atoms with Crippen LogP contribution in [0.5, 0.6) is 0 Å². The fraction of sp³-hybridized carbons (Fsp3) is 0.556. The molecule has 7 heteroatoms. The molecule has 0 aromatic carbocycles. The van der Waals surface area contributed by atoms with E-state index in [4.69, 9.17) is 5.73 Å². The number of thiocarbonyl (C=S) groups is 1. The molecular formula is C9H12F3N3S. The molecule has 0 aliphatic heterocycles. The highest BCUT2D eigenvalue weighted by Crippen LogP contribution is 2.28. The van der Waals surface area contributed by atoms with Crippen molar-refractivity contribution in [3.63, 3.8) is 0 Å². The lowest BCUT2D eigenvalue weighted by Crippen LogP contribution is -2.38. The van der Waals surface area contributed by atoms with Gasteiger partial charge in [-0.25, -0.2) is 0 Å². The van der Waals surface area contributed by atoms with Crippen molar-refractivity contribution in [2.45, 2.75) is 26.6 Å². The fourth-order valence-corrected chi connectivity index (χ4v) is 1.60. The number of nitrogens with zero attached hydrogens (tertiary/aromatic N) is 2. The maximum Gasteiger partial charge on any atom is 0.399 e. The summed E-state index contributed by atoms with van der Waals surface area (Å²) in [6.07, 6.45) is -4.43. The minimum absolute atomic E-state index is 0.363. The molecule has 0 saturated heterocycles. The largest absolute Gasteiger partial charge is 0.399 e. The summed E-state index contributed by atoms with van der Waals surface area (Å²) >= 11 is 4.43. The minimum atomic E-state index is -4.43. The van der Waals surface area contributed by atoms with Gasteiger partial charge < -0.3 is 5.73 Å². The molecule has 1 atom stereocenters. The molecule has 1 heterocycles. The molecule has 0 amide bonds. The van der Waals surface area contributed by atoms with Gasteiger partial charge in [-0.15, -0.1) is 0 Å². The zero-order chi connectivity index (χ0) is 12.5. The predicted molar refractivity (Wildman–Crippen MR) is 58.0 cm³/mol. The van der Waals surface area contributed by atoms with Gasteiger partial charge in [0.2, 0.25) is 0 Å². The summed E-state index contributed by atoms with van der Waals surface area (Å²) in [4.78, 5) is -0.556. The second-order valence-electron chi connectivity index (χ2n) is 3.61. The smallest absolute Gasteiger partial charge is 0.393 e. The standard InChI is InChI=1S/C9H12F3N3S/c1-5-3-6(2)15(14-5)4-7(8(13)16)9(10,11)12/h3,7H,4H2,1-2H3,(H2,13,16). The van der Waals surface area contributed by atoms with Crippen molar-refractivity contribution in [2.24, 2.45) is 11.7 Å². The van der Waals surface area contributed by atoms with Crippen molar-refractivity contribution in [1.82, 2.24) is 9.78 Å². The van der Waals surface area contributed by atoms with E-state index < -0.39 is 17.1 Å². The van der Waals surface area contributed by atoms with E-state index in [0.717, 1.165) is 0 Å². The van der Waals surface area contributed by atoms with E-state index in [0.29, 0.717) is 11.4 Å². The van der Waals surface area contributed by atoms with E-state index in [1.54, 1.807) is 19.9 Å². The van der Waals surface area contributed by atoms with E-state index in [1.165, 1.54) is 4.68 Å². The highest BCUT2D eigenvalue weighted by molar-refractivity contribution is 7.80. The first kappa shape index (κ1) is 13.0. The van der Waals surface area contributed by atoms with Crippen LogP contribution in [0.4, 0.5) is 13.2 Å². The minimum Gasteiger partial charge on any atom is -0.393 e. The van der Waals surface area contributed by atoms with Crippen molar-refractivity contribution < 1.29 is 13.2 Å². The number of halogens is 3. The SMILES string of the molecule is Cc1cc(C)n(CC(C(N)=S)C(F)(F)F)n1. The van der Waals surface area contributed by atoms with Crippen molar-refractivity contribution in [2.75, 3.05) is 0 Å². The normalized spacial score (nSPS) is 13.8. The summed E-state index contributed by atoms with van der Waals surface area (Å²) in [5, 5.41) is 3.95. The van der Waals surface area contributed by atoms with Crippen molar-refractivity contribution in [1.29, 1.82) is 0 Å². The van der Waals surface area contributed by atoms with Crippen LogP contribution in [0, 0.1) is 19.8 Å². The van der Waals surface area contributed by atoms with E-state index in [2.05, 4.69) is 17.3 Å². The lowest BCUT2D eigenvalue weighted by atomic mass is 10.1. The summed E-state index contributed by atoms with van der Waals surface area (Å²) in [6.45, 7) is 3.04. The van der Waals surface area contributed by atoms with Gasteiger partial charge in [-0.1, -0.05) is 12.2 Å². The van der Waals surface area contributed by atoms with Crippen molar-refractivity contribution in [3.05, 3.63) is 17.5 Å². The third-order valence-corrected chi connectivity index (χ3v) is 2.48. The molecule has 2 N–H and O–H groups in total. The van der Waals surface area contributed by atoms with E-state index >= 15 is 0 Å². The Kier molecular flexibility index (Phi) is 3.57. The van der Waals surface area contributed by atoms with Gasteiger partial charge in [-0.05, 0) is 19.9 Å².